The van der Waals surface area contributed by atoms with Gasteiger partial charge in [0.2, 0.25) is 0 Å². The van der Waals surface area contributed by atoms with E-state index in [0.29, 0.717) is 5.56 Å². The van der Waals surface area contributed by atoms with E-state index >= 15 is 0 Å². The van der Waals surface area contributed by atoms with E-state index < -0.39 is 0 Å². The lowest BCUT2D eigenvalue weighted by molar-refractivity contribution is 0.0937. The first-order valence-electron chi connectivity index (χ1n) is 11.9. The Hall–Kier alpha value is -2.62. The second-order valence-corrected chi connectivity index (χ2v) is 8.65. The van der Waals surface area contributed by atoms with E-state index in [1.54, 1.807) is 0 Å². The van der Waals surface area contributed by atoms with Gasteiger partial charge in [0, 0.05) is 12.1 Å². The minimum absolute atomic E-state index is 0.0572. The zero-order valence-corrected chi connectivity index (χ0v) is 19.4. The number of hydrogen-bond acceptors (Lipinski definition) is 2. The number of unbranched alkanes of at least 4 members (excludes halogenated alkanes) is 7. The molecule has 1 N–H and O–H groups in total. The molecule has 1 atom stereocenters. The van der Waals surface area contributed by atoms with E-state index in [4.69, 9.17) is 4.98 Å². The van der Waals surface area contributed by atoms with Crippen molar-refractivity contribution in [1.29, 1.82) is 0 Å². The van der Waals surface area contributed by atoms with Crippen molar-refractivity contribution in [1.82, 2.24) is 14.9 Å². The lowest BCUT2D eigenvalue weighted by Gasteiger charge is -2.16. The number of rotatable bonds is 12. The van der Waals surface area contributed by atoms with Crippen molar-refractivity contribution in [2.75, 3.05) is 0 Å². The van der Waals surface area contributed by atoms with E-state index in [9.17, 15) is 4.79 Å². The van der Waals surface area contributed by atoms with Crippen molar-refractivity contribution in [3.63, 3.8) is 0 Å². The molecule has 0 aliphatic heterocycles. The molecule has 0 spiro atoms. The Balaban J connectivity index is 1.64. The third-order valence-electron chi connectivity index (χ3n) is 5.97. The summed E-state index contributed by atoms with van der Waals surface area (Å²) >= 11 is 0. The highest BCUT2D eigenvalue weighted by atomic mass is 16.1. The maximum atomic E-state index is 12.7. The van der Waals surface area contributed by atoms with Gasteiger partial charge in [-0.1, -0.05) is 81.7 Å². The fourth-order valence-electron chi connectivity index (χ4n) is 4.11. The lowest BCUT2D eigenvalue weighted by atomic mass is 10.1. The van der Waals surface area contributed by atoms with E-state index in [2.05, 4.69) is 35.0 Å². The number of benzene rings is 2. The van der Waals surface area contributed by atoms with Gasteiger partial charge < -0.3 is 9.88 Å². The first kappa shape index (κ1) is 23.1. The number of aromatic nitrogens is 2. The summed E-state index contributed by atoms with van der Waals surface area (Å²) in [5, 5.41) is 3.14. The summed E-state index contributed by atoms with van der Waals surface area (Å²) in [5.41, 5.74) is 3.98. The summed E-state index contributed by atoms with van der Waals surface area (Å²) in [4.78, 5) is 17.6. The molecule has 166 valence electrons. The molecule has 0 aliphatic carbocycles. The molecule has 0 saturated carbocycles. The van der Waals surface area contributed by atoms with Crippen LogP contribution in [0.2, 0.25) is 0 Å². The molecule has 0 radical (unpaired) electrons. The highest BCUT2D eigenvalue weighted by Gasteiger charge is 2.19. The molecule has 3 rings (SSSR count). The van der Waals surface area contributed by atoms with Gasteiger partial charge in [0.1, 0.15) is 5.82 Å². The SMILES string of the molecule is CCCCCCCCCCn1c(C(C)NC(=O)c2ccc(C)cc2)nc2ccccc21. The average Bonchev–Trinajstić information content (AvgIpc) is 3.15. The van der Waals surface area contributed by atoms with Gasteiger partial charge in [-0.25, -0.2) is 4.98 Å². The Labute approximate surface area is 187 Å². The van der Waals surface area contributed by atoms with Gasteiger partial charge in [-0.05, 0) is 44.5 Å². The second-order valence-electron chi connectivity index (χ2n) is 8.65. The van der Waals surface area contributed by atoms with Crippen LogP contribution in [-0.4, -0.2) is 15.5 Å². The maximum absolute atomic E-state index is 12.7. The molecule has 1 unspecified atom stereocenters. The molecule has 0 aliphatic rings. The zero-order valence-electron chi connectivity index (χ0n) is 19.4. The van der Waals surface area contributed by atoms with Gasteiger partial charge in [-0.15, -0.1) is 0 Å². The Morgan fingerprint density at radius 1 is 0.935 bits per heavy atom. The van der Waals surface area contributed by atoms with Crippen LogP contribution >= 0.6 is 0 Å². The van der Waals surface area contributed by atoms with Crippen molar-refractivity contribution < 1.29 is 4.79 Å². The molecule has 1 aromatic heterocycles. The van der Waals surface area contributed by atoms with E-state index in [0.717, 1.165) is 35.4 Å². The smallest absolute Gasteiger partial charge is 0.251 e. The van der Waals surface area contributed by atoms with Crippen molar-refractivity contribution in [2.45, 2.75) is 84.7 Å². The van der Waals surface area contributed by atoms with Crippen LogP contribution in [0, 0.1) is 6.92 Å². The van der Waals surface area contributed by atoms with Crippen LogP contribution in [-0.2, 0) is 6.54 Å². The fraction of sp³-hybridized carbons (Fsp3) is 0.481. The summed E-state index contributed by atoms with van der Waals surface area (Å²) in [7, 11) is 0. The normalized spacial score (nSPS) is 12.2. The largest absolute Gasteiger partial charge is 0.342 e. The van der Waals surface area contributed by atoms with Gasteiger partial charge >= 0.3 is 0 Å². The predicted molar refractivity (Wildman–Crippen MR) is 129 cm³/mol. The van der Waals surface area contributed by atoms with Gasteiger partial charge in [0.15, 0.2) is 0 Å². The third-order valence-corrected chi connectivity index (χ3v) is 5.97. The van der Waals surface area contributed by atoms with Gasteiger partial charge in [-0.3, -0.25) is 4.79 Å². The van der Waals surface area contributed by atoms with E-state index in [-0.39, 0.29) is 11.9 Å². The fourth-order valence-corrected chi connectivity index (χ4v) is 4.11. The minimum atomic E-state index is -0.157. The summed E-state index contributed by atoms with van der Waals surface area (Å²) < 4.78 is 2.30. The second kappa shape index (κ2) is 11.7. The molecule has 1 amide bonds. The molecule has 31 heavy (non-hydrogen) atoms. The summed E-state index contributed by atoms with van der Waals surface area (Å²) in [6.45, 7) is 7.25. The summed E-state index contributed by atoms with van der Waals surface area (Å²) in [5.74, 6) is 0.878. The number of imidazole rings is 1. The highest BCUT2D eigenvalue weighted by molar-refractivity contribution is 5.94. The zero-order chi connectivity index (χ0) is 22.1. The van der Waals surface area contributed by atoms with Crippen LogP contribution in [0.4, 0.5) is 0 Å². The van der Waals surface area contributed by atoms with Crippen LogP contribution < -0.4 is 5.32 Å². The number of nitrogens with one attached hydrogen (secondary N) is 1. The van der Waals surface area contributed by atoms with E-state index in [1.165, 1.54) is 44.9 Å². The molecule has 4 nitrogen and oxygen atoms in total. The highest BCUT2D eigenvalue weighted by Crippen LogP contribution is 2.22. The van der Waals surface area contributed by atoms with Crippen molar-refractivity contribution in [2.24, 2.45) is 0 Å². The van der Waals surface area contributed by atoms with Crippen LogP contribution in [0.25, 0.3) is 11.0 Å². The molecule has 2 aromatic carbocycles. The maximum Gasteiger partial charge on any atom is 0.251 e. The van der Waals surface area contributed by atoms with Gasteiger partial charge in [-0.2, -0.15) is 0 Å². The number of aryl methyl sites for hydroxylation is 2. The van der Waals surface area contributed by atoms with Crippen LogP contribution in [0.5, 0.6) is 0 Å². The van der Waals surface area contributed by atoms with Crippen molar-refractivity contribution >= 4 is 16.9 Å². The molecule has 0 saturated heterocycles. The number of para-hydroxylation sites is 2. The number of hydrogen-bond donors (Lipinski definition) is 1. The van der Waals surface area contributed by atoms with Gasteiger partial charge in [0.25, 0.3) is 5.91 Å². The molecular formula is C27H37N3O. The Kier molecular flexibility index (Phi) is 8.69. The lowest BCUT2D eigenvalue weighted by Crippen LogP contribution is -2.28. The van der Waals surface area contributed by atoms with Crippen molar-refractivity contribution in [3.8, 4) is 0 Å². The number of nitrogens with zero attached hydrogens (tertiary/aromatic N) is 2. The van der Waals surface area contributed by atoms with Crippen molar-refractivity contribution in [3.05, 3.63) is 65.5 Å². The van der Waals surface area contributed by atoms with Crippen LogP contribution in [0.3, 0.4) is 0 Å². The number of carbonyl (C=O) groups is 1. The Morgan fingerprint density at radius 3 is 2.29 bits per heavy atom. The quantitative estimate of drug-likeness (QED) is 0.322. The number of amides is 1. The average molecular weight is 420 g/mol. The molecule has 4 heteroatoms. The minimum Gasteiger partial charge on any atom is -0.342 e. The van der Waals surface area contributed by atoms with Crippen LogP contribution in [0.1, 0.15) is 93.0 Å². The number of carbonyl (C=O) groups excluding carboxylic acids is 1. The molecule has 1 heterocycles. The third kappa shape index (κ3) is 6.43. The first-order valence-corrected chi connectivity index (χ1v) is 11.9. The summed E-state index contributed by atoms with van der Waals surface area (Å²) in [6.07, 6.45) is 10.4. The van der Waals surface area contributed by atoms with E-state index in [1.807, 2.05) is 44.2 Å². The molecule has 0 bridgehead atoms. The monoisotopic (exact) mass is 419 g/mol. The topological polar surface area (TPSA) is 46.9 Å². The first-order chi connectivity index (χ1) is 15.1. The van der Waals surface area contributed by atoms with Gasteiger partial charge in [0.05, 0.1) is 17.1 Å². The number of fused-ring (bicyclic) bond motifs is 1. The Bertz CT molecular complexity index is 958. The molecule has 3 aromatic rings. The Morgan fingerprint density at radius 2 is 1.58 bits per heavy atom. The van der Waals surface area contributed by atoms with Crippen LogP contribution in [0.15, 0.2) is 48.5 Å². The molecular weight excluding hydrogens is 382 g/mol. The predicted octanol–water partition coefficient (Wildman–Crippen LogP) is 6.98. The molecule has 0 fully saturated rings. The standard InChI is InChI=1S/C27H37N3O/c1-4-5-6-7-8-9-10-13-20-30-25-15-12-11-14-24(25)29-26(30)22(3)28-27(31)23-18-16-21(2)17-19-23/h11-12,14-19,22H,4-10,13,20H2,1-3H3,(H,28,31). The summed E-state index contributed by atoms with van der Waals surface area (Å²) in [6, 6.07) is 15.8.